The molecule has 0 aliphatic rings. The summed E-state index contributed by atoms with van der Waals surface area (Å²) in [4.78, 5) is 0. The zero-order valence-electron chi connectivity index (χ0n) is 12.8. The second-order valence-corrected chi connectivity index (χ2v) is 5.08. The van der Waals surface area contributed by atoms with E-state index in [1.807, 2.05) is 32.0 Å². The zero-order chi connectivity index (χ0) is 14.3. The number of ether oxygens (including phenoxy) is 2. The van der Waals surface area contributed by atoms with Crippen molar-refractivity contribution in [1.29, 1.82) is 0 Å². The smallest absolute Gasteiger partial charge is 0.124 e. The molecule has 0 saturated heterocycles. The normalized spacial score (nSPS) is 14.4. The standard InChI is InChI=1S/C16H27NO2/c1-6-11-17-16(13(4)18-5)14-9-7-8-10-15(14)19-12(2)3/h7-10,12-13,16-17H,6,11H2,1-5H3. The van der Waals surface area contributed by atoms with Gasteiger partial charge in [0.1, 0.15) is 5.75 Å². The topological polar surface area (TPSA) is 30.5 Å². The molecule has 0 spiro atoms. The Bertz CT molecular complexity index is 366. The summed E-state index contributed by atoms with van der Waals surface area (Å²) < 4.78 is 11.4. The molecule has 1 rings (SSSR count). The molecule has 3 nitrogen and oxygen atoms in total. The van der Waals surface area contributed by atoms with E-state index in [4.69, 9.17) is 9.47 Å². The van der Waals surface area contributed by atoms with Crippen molar-refractivity contribution in [2.45, 2.75) is 52.4 Å². The number of benzene rings is 1. The lowest BCUT2D eigenvalue weighted by Crippen LogP contribution is -2.32. The molecule has 0 fully saturated rings. The summed E-state index contributed by atoms with van der Waals surface area (Å²) >= 11 is 0. The van der Waals surface area contributed by atoms with Crippen LogP contribution in [-0.4, -0.2) is 25.9 Å². The van der Waals surface area contributed by atoms with E-state index in [1.165, 1.54) is 5.56 Å². The number of hydrogen-bond donors (Lipinski definition) is 1. The average molecular weight is 265 g/mol. The van der Waals surface area contributed by atoms with Crippen LogP contribution >= 0.6 is 0 Å². The Morgan fingerprint density at radius 3 is 2.42 bits per heavy atom. The van der Waals surface area contributed by atoms with Crippen LogP contribution in [0.1, 0.15) is 45.7 Å². The van der Waals surface area contributed by atoms with Crippen LogP contribution < -0.4 is 10.1 Å². The fourth-order valence-electron chi connectivity index (χ4n) is 2.06. The second kappa shape index (κ2) is 8.18. The van der Waals surface area contributed by atoms with Crippen molar-refractivity contribution in [3.63, 3.8) is 0 Å². The average Bonchev–Trinajstić information content (AvgIpc) is 2.39. The molecule has 1 N–H and O–H groups in total. The fraction of sp³-hybridized carbons (Fsp3) is 0.625. The maximum absolute atomic E-state index is 5.91. The van der Waals surface area contributed by atoms with Gasteiger partial charge in [-0.1, -0.05) is 25.1 Å². The number of para-hydroxylation sites is 1. The molecular weight excluding hydrogens is 238 g/mol. The van der Waals surface area contributed by atoms with Crippen molar-refractivity contribution < 1.29 is 9.47 Å². The Morgan fingerprint density at radius 1 is 1.16 bits per heavy atom. The highest BCUT2D eigenvalue weighted by molar-refractivity contribution is 5.36. The third-order valence-electron chi connectivity index (χ3n) is 3.07. The molecule has 0 saturated carbocycles. The van der Waals surface area contributed by atoms with Gasteiger partial charge in [0.05, 0.1) is 18.2 Å². The Morgan fingerprint density at radius 2 is 1.84 bits per heavy atom. The van der Waals surface area contributed by atoms with E-state index < -0.39 is 0 Å². The van der Waals surface area contributed by atoms with Gasteiger partial charge in [-0.05, 0) is 39.8 Å². The molecule has 0 aromatic heterocycles. The minimum Gasteiger partial charge on any atom is -0.491 e. The molecule has 0 bridgehead atoms. The van der Waals surface area contributed by atoms with Crippen LogP contribution in [0.25, 0.3) is 0 Å². The summed E-state index contributed by atoms with van der Waals surface area (Å²) in [5.74, 6) is 0.940. The first-order valence-corrected chi connectivity index (χ1v) is 7.11. The van der Waals surface area contributed by atoms with Gasteiger partial charge in [0.2, 0.25) is 0 Å². The lowest BCUT2D eigenvalue weighted by Gasteiger charge is -2.27. The maximum Gasteiger partial charge on any atom is 0.124 e. The van der Waals surface area contributed by atoms with Crippen molar-refractivity contribution >= 4 is 0 Å². The van der Waals surface area contributed by atoms with Gasteiger partial charge in [-0.3, -0.25) is 0 Å². The molecule has 108 valence electrons. The molecule has 1 aromatic rings. The molecule has 0 aliphatic carbocycles. The number of nitrogens with one attached hydrogen (secondary N) is 1. The van der Waals surface area contributed by atoms with E-state index in [-0.39, 0.29) is 18.2 Å². The molecule has 19 heavy (non-hydrogen) atoms. The number of rotatable bonds is 8. The van der Waals surface area contributed by atoms with Crippen LogP contribution in [0.3, 0.4) is 0 Å². The van der Waals surface area contributed by atoms with Crippen LogP contribution in [0.2, 0.25) is 0 Å². The molecule has 2 unspecified atom stereocenters. The highest BCUT2D eigenvalue weighted by atomic mass is 16.5. The zero-order valence-corrected chi connectivity index (χ0v) is 12.8. The summed E-state index contributed by atoms with van der Waals surface area (Å²) in [5.41, 5.74) is 1.17. The largest absolute Gasteiger partial charge is 0.491 e. The predicted molar refractivity (Wildman–Crippen MR) is 79.7 cm³/mol. The molecular formula is C16H27NO2. The van der Waals surface area contributed by atoms with Gasteiger partial charge in [-0.2, -0.15) is 0 Å². The van der Waals surface area contributed by atoms with Crippen molar-refractivity contribution in [3.8, 4) is 5.75 Å². The Labute approximate surface area is 117 Å². The van der Waals surface area contributed by atoms with Gasteiger partial charge in [0.15, 0.2) is 0 Å². The first-order valence-electron chi connectivity index (χ1n) is 7.11. The molecule has 0 heterocycles. The van der Waals surface area contributed by atoms with Crippen molar-refractivity contribution in [1.82, 2.24) is 5.32 Å². The monoisotopic (exact) mass is 265 g/mol. The number of hydrogen-bond acceptors (Lipinski definition) is 3. The summed E-state index contributed by atoms with van der Waals surface area (Å²) in [5, 5.41) is 3.55. The van der Waals surface area contributed by atoms with E-state index in [9.17, 15) is 0 Å². The lowest BCUT2D eigenvalue weighted by atomic mass is 10.0. The van der Waals surface area contributed by atoms with E-state index in [0.29, 0.717) is 0 Å². The van der Waals surface area contributed by atoms with Crippen LogP contribution in [-0.2, 0) is 4.74 Å². The summed E-state index contributed by atoms with van der Waals surface area (Å²) in [6, 6.07) is 8.35. The fourth-order valence-corrected chi connectivity index (χ4v) is 2.06. The quantitative estimate of drug-likeness (QED) is 0.779. The minimum absolute atomic E-state index is 0.100. The molecule has 2 atom stereocenters. The summed E-state index contributed by atoms with van der Waals surface area (Å²) in [6.45, 7) is 9.31. The molecule has 0 aliphatic heterocycles. The van der Waals surface area contributed by atoms with Gasteiger partial charge >= 0.3 is 0 Å². The van der Waals surface area contributed by atoms with Crippen LogP contribution in [0, 0.1) is 0 Å². The van der Waals surface area contributed by atoms with Crippen molar-refractivity contribution in [3.05, 3.63) is 29.8 Å². The van der Waals surface area contributed by atoms with Crippen molar-refractivity contribution in [2.75, 3.05) is 13.7 Å². The van der Waals surface area contributed by atoms with Gasteiger partial charge in [0.25, 0.3) is 0 Å². The molecule has 0 amide bonds. The summed E-state index contributed by atoms with van der Waals surface area (Å²) in [7, 11) is 1.75. The van der Waals surface area contributed by atoms with Crippen LogP contribution in [0.4, 0.5) is 0 Å². The van der Waals surface area contributed by atoms with E-state index >= 15 is 0 Å². The van der Waals surface area contributed by atoms with E-state index in [0.717, 1.165) is 18.7 Å². The predicted octanol–water partition coefficient (Wildman–Crippen LogP) is 3.55. The molecule has 3 heteroatoms. The van der Waals surface area contributed by atoms with Gasteiger partial charge < -0.3 is 14.8 Å². The van der Waals surface area contributed by atoms with Gasteiger partial charge in [-0.15, -0.1) is 0 Å². The Kier molecular flexibility index (Phi) is 6.89. The Hall–Kier alpha value is -1.06. The Balaban J connectivity index is 2.99. The molecule has 0 radical (unpaired) electrons. The first kappa shape index (κ1) is 16.0. The van der Waals surface area contributed by atoms with Gasteiger partial charge in [0, 0.05) is 12.7 Å². The number of methoxy groups -OCH3 is 1. The maximum atomic E-state index is 5.91. The SMILES string of the molecule is CCCNC(c1ccccc1OC(C)C)C(C)OC. The third-order valence-corrected chi connectivity index (χ3v) is 3.07. The van der Waals surface area contributed by atoms with Gasteiger partial charge in [-0.25, -0.2) is 0 Å². The van der Waals surface area contributed by atoms with E-state index in [1.54, 1.807) is 7.11 Å². The minimum atomic E-state index is 0.100. The molecule has 1 aromatic carbocycles. The summed E-state index contributed by atoms with van der Waals surface area (Å²) in [6.07, 6.45) is 1.37. The van der Waals surface area contributed by atoms with Crippen LogP contribution in [0.5, 0.6) is 5.75 Å². The highest BCUT2D eigenvalue weighted by Gasteiger charge is 2.22. The third kappa shape index (κ3) is 4.84. The highest BCUT2D eigenvalue weighted by Crippen LogP contribution is 2.29. The lowest BCUT2D eigenvalue weighted by molar-refractivity contribution is 0.0813. The second-order valence-electron chi connectivity index (χ2n) is 5.08. The van der Waals surface area contributed by atoms with Crippen LogP contribution in [0.15, 0.2) is 24.3 Å². The first-order chi connectivity index (χ1) is 9.10. The van der Waals surface area contributed by atoms with E-state index in [2.05, 4.69) is 25.2 Å². The van der Waals surface area contributed by atoms with Crippen molar-refractivity contribution in [2.24, 2.45) is 0 Å².